The fraction of sp³-hybridized carbons (Fsp3) is 0.158. The average molecular weight is 343 g/mol. The van der Waals surface area contributed by atoms with Crippen LogP contribution in [0.1, 0.15) is 24.1 Å². The normalized spacial score (nSPS) is 13.1. The zero-order chi connectivity index (χ0) is 17.2. The molecule has 1 N–H and O–H groups in total. The molecular formula is C19H18FNO2S. The van der Waals surface area contributed by atoms with Crippen molar-refractivity contribution >= 4 is 20.8 Å². The van der Waals surface area contributed by atoms with E-state index in [-0.39, 0.29) is 11.8 Å². The molecule has 3 nitrogen and oxygen atoms in total. The van der Waals surface area contributed by atoms with E-state index in [1.807, 2.05) is 49.4 Å². The summed E-state index contributed by atoms with van der Waals surface area (Å²) in [4.78, 5) is 0. The van der Waals surface area contributed by atoms with E-state index >= 15 is 0 Å². The van der Waals surface area contributed by atoms with Crippen molar-refractivity contribution in [1.82, 2.24) is 4.72 Å². The molecule has 24 heavy (non-hydrogen) atoms. The minimum atomic E-state index is -3.58. The Morgan fingerprint density at radius 2 is 1.71 bits per heavy atom. The summed E-state index contributed by atoms with van der Waals surface area (Å²) in [6, 6.07) is 18.9. The monoisotopic (exact) mass is 343 g/mol. The van der Waals surface area contributed by atoms with E-state index in [1.54, 1.807) is 6.07 Å². The fourth-order valence-electron chi connectivity index (χ4n) is 2.85. The van der Waals surface area contributed by atoms with Crippen molar-refractivity contribution in [2.75, 3.05) is 0 Å². The fourth-order valence-corrected chi connectivity index (χ4v) is 4.22. The summed E-state index contributed by atoms with van der Waals surface area (Å²) in [7, 11) is -3.58. The highest BCUT2D eigenvalue weighted by Gasteiger charge is 2.18. The molecule has 1 unspecified atom stereocenters. The van der Waals surface area contributed by atoms with E-state index in [0.717, 1.165) is 16.3 Å². The van der Waals surface area contributed by atoms with Gasteiger partial charge in [-0.3, -0.25) is 0 Å². The summed E-state index contributed by atoms with van der Waals surface area (Å²) in [5.41, 5.74) is 1.34. The molecule has 3 aromatic rings. The lowest BCUT2D eigenvalue weighted by atomic mass is 10.0. The van der Waals surface area contributed by atoms with E-state index in [4.69, 9.17) is 0 Å². The van der Waals surface area contributed by atoms with Gasteiger partial charge in [-0.15, -0.1) is 0 Å². The Labute approximate surface area is 141 Å². The number of nitrogens with one attached hydrogen (secondary N) is 1. The predicted molar refractivity (Wildman–Crippen MR) is 94.5 cm³/mol. The number of halogens is 1. The summed E-state index contributed by atoms with van der Waals surface area (Å²) < 4.78 is 40.7. The number of hydrogen-bond donors (Lipinski definition) is 1. The van der Waals surface area contributed by atoms with Crippen LogP contribution in [0.15, 0.2) is 66.7 Å². The van der Waals surface area contributed by atoms with Gasteiger partial charge in [-0.1, -0.05) is 54.6 Å². The van der Waals surface area contributed by atoms with Crippen molar-refractivity contribution < 1.29 is 12.8 Å². The molecule has 0 aromatic heterocycles. The van der Waals surface area contributed by atoms with E-state index in [1.165, 1.54) is 18.2 Å². The van der Waals surface area contributed by atoms with Crippen LogP contribution >= 0.6 is 0 Å². The SMILES string of the molecule is CC(NS(=O)(=O)Cc1cccc(F)c1)c1cccc2ccccc12. The molecule has 0 amide bonds. The van der Waals surface area contributed by atoms with Crippen LogP contribution in [0.3, 0.4) is 0 Å². The van der Waals surface area contributed by atoms with Gasteiger partial charge in [0.05, 0.1) is 5.75 Å². The Kier molecular flexibility index (Phi) is 4.64. The van der Waals surface area contributed by atoms with Gasteiger partial charge in [0.25, 0.3) is 0 Å². The van der Waals surface area contributed by atoms with Crippen LogP contribution in [-0.2, 0) is 15.8 Å². The van der Waals surface area contributed by atoms with Crippen molar-refractivity contribution in [3.8, 4) is 0 Å². The van der Waals surface area contributed by atoms with Gasteiger partial charge in [0.2, 0.25) is 10.0 Å². The molecule has 0 fully saturated rings. The van der Waals surface area contributed by atoms with Crippen LogP contribution in [0.4, 0.5) is 4.39 Å². The second-order valence-electron chi connectivity index (χ2n) is 5.80. The van der Waals surface area contributed by atoms with Crippen LogP contribution in [0.2, 0.25) is 0 Å². The highest BCUT2D eigenvalue weighted by Crippen LogP contribution is 2.24. The van der Waals surface area contributed by atoms with Crippen LogP contribution in [0.25, 0.3) is 10.8 Å². The van der Waals surface area contributed by atoms with E-state index in [2.05, 4.69) is 4.72 Å². The molecule has 3 aromatic carbocycles. The maximum atomic E-state index is 13.2. The first-order valence-electron chi connectivity index (χ1n) is 7.67. The molecule has 0 spiro atoms. The maximum absolute atomic E-state index is 13.2. The highest BCUT2D eigenvalue weighted by molar-refractivity contribution is 7.88. The van der Waals surface area contributed by atoms with Crippen LogP contribution in [-0.4, -0.2) is 8.42 Å². The van der Waals surface area contributed by atoms with E-state index in [9.17, 15) is 12.8 Å². The van der Waals surface area contributed by atoms with E-state index in [0.29, 0.717) is 5.56 Å². The third-order valence-corrected chi connectivity index (χ3v) is 5.32. The van der Waals surface area contributed by atoms with Gasteiger partial charge in [0.15, 0.2) is 0 Å². The second-order valence-corrected chi connectivity index (χ2v) is 7.55. The molecular weight excluding hydrogens is 325 g/mol. The Bertz CT molecular complexity index is 965. The van der Waals surface area contributed by atoms with Gasteiger partial charge in [0.1, 0.15) is 5.82 Å². The summed E-state index contributed by atoms with van der Waals surface area (Å²) in [6.45, 7) is 1.81. The Balaban J connectivity index is 1.84. The van der Waals surface area contributed by atoms with Gasteiger partial charge >= 0.3 is 0 Å². The lowest BCUT2D eigenvalue weighted by Gasteiger charge is -2.17. The summed E-state index contributed by atoms with van der Waals surface area (Å²) in [5.74, 6) is -0.690. The van der Waals surface area contributed by atoms with Gasteiger partial charge in [-0.2, -0.15) is 0 Å². The topological polar surface area (TPSA) is 46.2 Å². The predicted octanol–water partition coefficient (Wildman–Crippen LogP) is 4.16. The maximum Gasteiger partial charge on any atom is 0.216 e. The molecule has 0 bridgehead atoms. The molecule has 0 aliphatic heterocycles. The quantitative estimate of drug-likeness (QED) is 0.756. The van der Waals surface area contributed by atoms with Crippen molar-refractivity contribution in [3.63, 3.8) is 0 Å². The van der Waals surface area contributed by atoms with Crippen molar-refractivity contribution in [2.45, 2.75) is 18.7 Å². The van der Waals surface area contributed by atoms with Crippen LogP contribution in [0.5, 0.6) is 0 Å². The van der Waals surface area contributed by atoms with Gasteiger partial charge < -0.3 is 0 Å². The number of fused-ring (bicyclic) bond motifs is 1. The summed E-state index contributed by atoms with van der Waals surface area (Å²) >= 11 is 0. The van der Waals surface area contributed by atoms with Crippen LogP contribution in [0, 0.1) is 5.82 Å². The standard InChI is InChI=1S/C19H18FNO2S/c1-14(18-11-5-8-16-7-2-3-10-19(16)18)21-24(22,23)13-15-6-4-9-17(20)12-15/h2-12,14,21H,13H2,1H3. The van der Waals surface area contributed by atoms with E-state index < -0.39 is 15.8 Å². The molecule has 3 rings (SSSR count). The van der Waals surface area contributed by atoms with Crippen molar-refractivity contribution in [2.24, 2.45) is 0 Å². The lowest BCUT2D eigenvalue weighted by Crippen LogP contribution is -2.28. The number of sulfonamides is 1. The first kappa shape index (κ1) is 16.6. The smallest absolute Gasteiger partial charge is 0.212 e. The number of benzene rings is 3. The highest BCUT2D eigenvalue weighted by atomic mass is 32.2. The third kappa shape index (κ3) is 3.80. The number of rotatable bonds is 5. The largest absolute Gasteiger partial charge is 0.216 e. The molecule has 0 saturated carbocycles. The zero-order valence-electron chi connectivity index (χ0n) is 13.2. The average Bonchev–Trinajstić information content (AvgIpc) is 2.53. The molecule has 0 aliphatic rings. The first-order valence-corrected chi connectivity index (χ1v) is 9.32. The zero-order valence-corrected chi connectivity index (χ0v) is 14.1. The first-order chi connectivity index (χ1) is 11.4. The summed E-state index contributed by atoms with van der Waals surface area (Å²) in [5, 5.41) is 2.08. The molecule has 0 aliphatic carbocycles. The van der Waals surface area contributed by atoms with Crippen LogP contribution < -0.4 is 4.72 Å². The van der Waals surface area contributed by atoms with Crippen molar-refractivity contribution in [3.05, 3.63) is 83.7 Å². The summed E-state index contributed by atoms with van der Waals surface area (Å²) in [6.07, 6.45) is 0. The minimum absolute atomic E-state index is 0.250. The Morgan fingerprint density at radius 1 is 1.00 bits per heavy atom. The molecule has 0 radical (unpaired) electrons. The molecule has 5 heteroatoms. The molecule has 124 valence electrons. The van der Waals surface area contributed by atoms with Gasteiger partial charge in [0, 0.05) is 6.04 Å². The Hall–Kier alpha value is -2.24. The minimum Gasteiger partial charge on any atom is -0.212 e. The molecule has 1 atom stereocenters. The van der Waals surface area contributed by atoms with Crippen molar-refractivity contribution in [1.29, 1.82) is 0 Å². The second kappa shape index (κ2) is 6.71. The number of hydrogen-bond acceptors (Lipinski definition) is 2. The Morgan fingerprint density at radius 3 is 2.50 bits per heavy atom. The lowest BCUT2D eigenvalue weighted by molar-refractivity contribution is 0.566. The third-order valence-electron chi connectivity index (χ3n) is 3.89. The molecule has 0 saturated heterocycles. The van der Waals surface area contributed by atoms with Gasteiger partial charge in [-0.05, 0) is 41.0 Å². The molecule has 0 heterocycles. The van der Waals surface area contributed by atoms with Gasteiger partial charge in [-0.25, -0.2) is 17.5 Å².